The average molecular weight is 402 g/mol. The van der Waals surface area contributed by atoms with E-state index in [4.69, 9.17) is 21.1 Å². The average Bonchev–Trinajstić information content (AvgIpc) is 2.68. The van der Waals surface area contributed by atoms with E-state index in [2.05, 4.69) is 9.98 Å². The highest BCUT2D eigenvalue weighted by Gasteiger charge is 2.14. The maximum Gasteiger partial charge on any atom is 0.335 e. The summed E-state index contributed by atoms with van der Waals surface area (Å²) in [5, 5.41) is 11.0. The Morgan fingerprint density at radius 2 is 1.68 bits per heavy atom. The quantitative estimate of drug-likeness (QED) is 0.639. The van der Waals surface area contributed by atoms with Gasteiger partial charge in [0.25, 0.3) is 5.56 Å². The van der Waals surface area contributed by atoms with Crippen LogP contribution in [-0.2, 0) is 0 Å². The molecule has 9 heteroatoms. The van der Waals surface area contributed by atoms with Crippen LogP contribution in [0.3, 0.4) is 0 Å². The number of nitrogens with one attached hydrogen (secondary N) is 1. The van der Waals surface area contributed by atoms with Crippen molar-refractivity contribution in [3.05, 3.63) is 73.9 Å². The van der Waals surface area contributed by atoms with Crippen LogP contribution in [0, 0.1) is 0 Å². The standard InChI is InChI=1S/C19H16ClN3O5/c1-27-14-7-12(8-15(9-14)28-2)21-10-16-17(24)22-19(26)23(18(16)25)13-5-3-11(20)4-6-13/h3-10,25H,1-2H3,(H,22,24,26). The normalized spacial score (nSPS) is 11.0. The zero-order valence-electron chi connectivity index (χ0n) is 15.0. The molecule has 0 aliphatic rings. The lowest BCUT2D eigenvalue weighted by atomic mass is 10.2. The molecule has 0 bridgehead atoms. The molecular weight excluding hydrogens is 386 g/mol. The van der Waals surface area contributed by atoms with E-state index >= 15 is 0 Å². The van der Waals surface area contributed by atoms with Crippen LogP contribution < -0.4 is 20.7 Å². The van der Waals surface area contributed by atoms with Crippen molar-refractivity contribution in [2.45, 2.75) is 0 Å². The van der Waals surface area contributed by atoms with Crippen molar-refractivity contribution < 1.29 is 14.6 Å². The van der Waals surface area contributed by atoms with Crippen LogP contribution in [0.2, 0.25) is 5.02 Å². The molecule has 1 heterocycles. The van der Waals surface area contributed by atoms with E-state index in [0.717, 1.165) is 10.8 Å². The van der Waals surface area contributed by atoms with E-state index in [9.17, 15) is 14.7 Å². The summed E-state index contributed by atoms with van der Waals surface area (Å²) < 4.78 is 11.3. The summed E-state index contributed by atoms with van der Waals surface area (Å²) in [5.41, 5.74) is -0.979. The van der Waals surface area contributed by atoms with Crippen LogP contribution in [-0.4, -0.2) is 35.1 Å². The van der Waals surface area contributed by atoms with Gasteiger partial charge in [-0.2, -0.15) is 0 Å². The van der Waals surface area contributed by atoms with E-state index < -0.39 is 17.1 Å². The van der Waals surface area contributed by atoms with E-state index in [1.165, 1.54) is 26.4 Å². The molecule has 0 saturated carbocycles. The number of H-pyrrole nitrogens is 1. The van der Waals surface area contributed by atoms with Crippen molar-refractivity contribution in [2.75, 3.05) is 14.2 Å². The molecule has 0 spiro atoms. The van der Waals surface area contributed by atoms with Gasteiger partial charge < -0.3 is 14.6 Å². The van der Waals surface area contributed by atoms with Gasteiger partial charge in [0.05, 0.1) is 25.6 Å². The number of methoxy groups -OCH3 is 2. The van der Waals surface area contributed by atoms with Crippen molar-refractivity contribution in [3.63, 3.8) is 0 Å². The predicted octanol–water partition coefficient (Wildman–Crippen LogP) is 2.65. The lowest BCUT2D eigenvalue weighted by Crippen LogP contribution is -2.31. The highest BCUT2D eigenvalue weighted by atomic mass is 35.5. The summed E-state index contributed by atoms with van der Waals surface area (Å²) in [6.45, 7) is 0. The molecule has 0 atom stereocenters. The van der Waals surface area contributed by atoms with Crippen LogP contribution in [0.5, 0.6) is 17.4 Å². The molecule has 0 saturated heterocycles. The van der Waals surface area contributed by atoms with E-state index in [1.54, 1.807) is 30.3 Å². The molecule has 0 unspecified atom stereocenters. The number of aromatic hydroxyl groups is 1. The maximum absolute atomic E-state index is 12.2. The third kappa shape index (κ3) is 3.91. The first kappa shape index (κ1) is 19.2. The first-order valence-electron chi connectivity index (χ1n) is 8.04. The zero-order chi connectivity index (χ0) is 20.3. The van der Waals surface area contributed by atoms with Crippen LogP contribution in [0.15, 0.2) is 57.0 Å². The second-order valence-electron chi connectivity index (χ2n) is 5.64. The Morgan fingerprint density at radius 1 is 1.07 bits per heavy atom. The monoisotopic (exact) mass is 401 g/mol. The minimum atomic E-state index is -0.787. The van der Waals surface area contributed by atoms with Crippen LogP contribution in [0.1, 0.15) is 5.56 Å². The Balaban J connectivity index is 2.09. The van der Waals surface area contributed by atoms with Gasteiger partial charge in [-0.05, 0) is 24.3 Å². The van der Waals surface area contributed by atoms with Crippen molar-refractivity contribution in [3.8, 4) is 23.1 Å². The molecule has 0 aliphatic carbocycles. The Labute approximate surface area is 164 Å². The van der Waals surface area contributed by atoms with Gasteiger partial charge in [-0.15, -0.1) is 0 Å². The molecule has 2 aromatic carbocycles. The fraction of sp³-hybridized carbons (Fsp3) is 0.105. The summed E-state index contributed by atoms with van der Waals surface area (Å²) in [7, 11) is 3.00. The highest BCUT2D eigenvalue weighted by molar-refractivity contribution is 6.30. The van der Waals surface area contributed by atoms with E-state index in [0.29, 0.717) is 27.9 Å². The number of nitrogens with zero attached hydrogens (tertiary/aromatic N) is 2. The molecular formula is C19H16ClN3O5. The van der Waals surface area contributed by atoms with E-state index in [-0.39, 0.29) is 5.56 Å². The van der Waals surface area contributed by atoms with Gasteiger partial charge in [-0.3, -0.25) is 14.8 Å². The Hall–Kier alpha value is -3.52. The highest BCUT2D eigenvalue weighted by Crippen LogP contribution is 2.28. The van der Waals surface area contributed by atoms with Crippen LogP contribution >= 0.6 is 11.6 Å². The first-order chi connectivity index (χ1) is 13.4. The van der Waals surface area contributed by atoms with Gasteiger partial charge in [0, 0.05) is 29.4 Å². The third-order valence-corrected chi connectivity index (χ3v) is 4.14. The van der Waals surface area contributed by atoms with Crippen molar-refractivity contribution in [2.24, 2.45) is 4.99 Å². The van der Waals surface area contributed by atoms with Gasteiger partial charge in [-0.1, -0.05) is 11.6 Å². The number of aromatic amines is 1. The molecule has 3 aromatic rings. The van der Waals surface area contributed by atoms with Crippen LogP contribution in [0.4, 0.5) is 5.69 Å². The molecule has 0 radical (unpaired) electrons. The van der Waals surface area contributed by atoms with Crippen molar-refractivity contribution in [1.82, 2.24) is 9.55 Å². The minimum absolute atomic E-state index is 0.184. The summed E-state index contributed by atoms with van der Waals surface area (Å²) >= 11 is 5.85. The molecule has 0 aliphatic heterocycles. The van der Waals surface area contributed by atoms with E-state index in [1.807, 2.05) is 0 Å². The van der Waals surface area contributed by atoms with Gasteiger partial charge in [-0.25, -0.2) is 9.36 Å². The minimum Gasteiger partial charge on any atom is -0.497 e. The van der Waals surface area contributed by atoms with Gasteiger partial charge in [0.1, 0.15) is 17.1 Å². The molecule has 28 heavy (non-hydrogen) atoms. The number of aromatic nitrogens is 2. The second kappa shape index (κ2) is 8.01. The molecule has 0 amide bonds. The Kier molecular flexibility index (Phi) is 5.51. The number of benzene rings is 2. The fourth-order valence-electron chi connectivity index (χ4n) is 2.49. The molecule has 0 fully saturated rings. The summed E-state index contributed by atoms with van der Waals surface area (Å²) in [5.74, 6) is 0.473. The predicted molar refractivity (Wildman–Crippen MR) is 106 cm³/mol. The van der Waals surface area contributed by atoms with Crippen LogP contribution in [0.25, 0.3) is 5.69 Å². The van der Waals surface area contributed by atoms with Crippen molar-refractivity contribution >= 4 is 23.5 Å². The van der Waals surface area contributed by atoms with Crippen molar-refractivity contribution in [1.29, 1.82) is 0 Å². The maximum atomic E-state index is 12.2. The number of hydrogen-bond donors (Lipinski definition) is 2. The largest absolute Gasteiger partial charge is 0.497 e. The molecule has 3 rings (SSSR count). The SMILES string of the molecule is COc1cc(N=Cc2c(O)n(-c3ccc(Cl)cc3)c(=O)[nH]c2=O)cc(OC)c1. The topological polar surface area (TPSA) is 106 Å². The summed E-state index contributed by atoms with van der Waals surface area (Å²) in [6.07, 6.45) is 1.16. The number of halogens is 1. The first-order valence-corrected chi connectivity index (χ1v) is 8.42. The fourth-order valence-corrected chi connectivity index (χ4v) is 2.62. The number of rotatable bonds is 5. The number of aliphatic imine (C=N–C) groups is 1. The summed E-state index contributed by atoms with van der Waals surface area (Å²) in [6, 6.07) is 11.1. The second-order valence-corrected chi connectivity index (χ2v) is 6.07. The molecule has 1 aromatic heterocycles. The lowest BCUT2D eigenvalue weighted by molar-refractivity contribution is 0.394. The smallest absolute Gasteiger partial charge is 0.335 e. The zero-order valence-corrected chi connectivity index (χ0v) is 15.7. The molecule has 8 nitrogen and oxygen atoms in total. The number of ether oxygens (including phenoxy) is 2. The van der Waals surface area contributed by atoms with Gasteiger partial charge in [0.2, 0.25) is 5.88 Å². The third-order valence-electron chi connectivity index (χ3n) is 3.88. The lowest BCUT2D eigenvalue weighted by Gasteiger charge is -2.09. The molecule has 2 N–H and O–H groups in total. The summed E-state index contributed by atoms with van der Waals surface area (Å²) in [4.78, 5) is 30.7. The Morgan fingerprint density at radius 3 is 2.25 bits per heavy atom. The van der Waals surface area contributed by atoms with Gasteiger partial charge >= 0.3 is 5.69 Å². The number of hydrogen-bond acceptors (Lipinski definition) is 6. The Bertz CT molecular complexity index is 1130. The molecule has 144 valence electrons. The van der Waals surface area contributed by atoms with Gasteiger partial charge in [0.15, 0.2) is 0 Å².